The first-order chi connectivity index (χ1) is 7.36. The van der Waals surface area contributed by atoms with Crippen molar-refractivity contribution in [1.82, 2.24) is 10.2 Å². The number of ether oxygens (including phenoxy) is 1. The molecule has 0 radical (unpaired) electrons. The Hall–Kier alpha value is -0.120. The summed E-state index contributed by atoms with van der Waals surface area (Å²) in [5.74, 6) is 0. The van der Waals surface area contributed by atoms with Crippen molar-refractivity contribution in [2.75, 3.05) is 39.9 Å². The number of likely N-dealkylation sites (tertiary alicyclic amines) is 1. The maximum Gasteiger partial charge on any atom is 0.0628 e. The molecule has 0 saturated carbocycles. The number of hydrogen-bond acceptors (Lipinski definition) is 3. The molecule has 1 heterocycles. The zero-order chi connectivity index (χ0) is 10.9. The molecule has 1 unspecified atom stereocenters. The van der Waals surface area contributed by atoms with Gasteiger partial charge < -0.3 is 15.0 Å². The molecule has 1 N–H and O–H groups in total. The minimum atomic E-state index is 0.498. The zero-order valence-corrected chi connectivity index (χ0v) is 10.3. The number of nitrogens with zero attached hydrogens (tertiary/aromatic N) is 1. The van der Waals surface area contributed by atoms with Crippen molar-refractivity contribution in [1.29, 1.82) is 0 Å². The summed E-state index contributed by atoms with van der Waals surface area (Å²) in [7, 11) is 1.78. The van der Waals surface area contributed by atoms with Crippen molar-refractivity contribution in [2.45, 2.75) is 38.6 Å². The third-order valence-corrected chi connectivity index (χ3v) is 3.04. The van der Waals surface area contributed by atoms with Crippen LogP contribution >= 0.6 is 0 Å². The summed E-state index contributed by atoms with van der Waals surface area (Å²) in [6.45, 7) is 7.69. The van der Waals surface area contributed by atoms with Crippen LogP contribution in [0.25, 0.3) is 0 Å². The molecule has 0 spiro atoms. The smallest absolute Gasteiger partial charge is 0.0628 e. The van der Waals surface area contributed by atoms with Crippen LogP contribution in [0.15, 0.2) is 0 Å². The number of nitrogens with one attached hydrogen (secondary N) is 1. The summed E-state index contributed by atoms with van der Waals surface area (Å²) in [5.41, 5.74) is 0. The van der Waals surface area contributed by atoms with Gasteiger partial charge in [-0.3, -0.25) is 0 Å². The monoisotopic (exact) mass is 214 g/mol. The van der Waals surface area contributed by atoms with E-state index in [9.17, 15) is 0 Å². The summed E-state index contributed by atoms with van der Waals surface area (Å²) >= 11 is 0. The van der Waals surface area contributed by atoms with Crippen LogP contribution < -0.4 is 5.32 Å². The lowest BCUT2D eigenvalue weighted by molar-refractivity contribution is 0.140. The molecule has 1 fully saturated rings. The molecule has 1 aliphatic rings. The van der Waals surface area contributed by atoms with Gasteiger partial charge in [-0.15, -0.1) is 0 Å². The lowest BCUT2D eigenvalue weighted by Crippen LogP contribution is -2.44. The molecule has 0 amide bonds. The minimum Gasteiger partial charge on any atom is -0.383 e. The van der Waals surface area contributed by atoms with E-state index in [1.54, 1.807) is 7.11 Å². The molecule has 0 aromatic carbocycles. The van der Waals surface area contributed by atoms with Crippen LogP contribution in [0.3, 0.4) is 0 Å². The highest BCUT2D eigenvalue weighted by molar-refractivity contribution is 4.73. The molecule has 3 heteroatoms. The minimum absolute atomic E-state index is 0.498. The molecular weight excluding hydrogens is 188 g/mol. The predicted molar refractivity (Wildman–Crippen MR) is 64.2 cm³/mol. The Morgan fingerprint density at radius 2 is 1.87 bits per heavy atom. The van der Waals surface area contributed by atoms with E-state index in [0.717, 1.165) is 19.7 Å². The van der Waals surface area contributed by atoms with Crippen molar-refractivity contribution in [3.8, 4) is 0 Å². The molecule has 0 bridgehead atoms. The van der Waals surface area contributed by atoms with Gasteiger partial charge in [0.05, 0.1) is 6.61 Å². The Kier molecular flexibility index (Phi) is 6.98. The van der Waals surface area contributed by atoms with Crippen LogP contribution in [0.4, 0.5) is 0 Å². The van der Waals surface area contributed by atoms with E-state index in [1.165, 1.54) is 38.8 Å². The van der Waals surface area contributed by atoms with Crippen molar-refractivity contribution >= 4 is 0 Å². The molecule has 3 nitrogen and oxygen atoms in total. The van der Waals surface area contributed by atoms with E-state index >= 15 is 0 Å². The first-order valence-electron chi connectivity index (χ1n) is 6.31. The molecule has 1 atom stereocenters. The number of hydrogen-bond donors (Lipinski definition) is 1. The van der Waals surface area contributed by atoms with Crippen LogP contribution in [0, 0.1) is 0 Å². The van der Waals surface area contributed by atoms with Crippen molar-refractivity contribution in [3.63, 3.8) is 0 Å². The summed E-state index contributed by atoms with van der Waals surface area (Å²) in [6, 6.07) is 0.498. The molecule has 90 valence electrons. The second-order valence-electron chi connectivity index (χ2n) is 4.42. The molecular formula is C12H26N2O. The maximum atomic E-state index is 5.24. The van der Waals surface area contributed by atoms with Crippen molar-refractivity contribution < 1.29 is 4.74 Å². The van der Waals surface area contributed by atoms with Gasteiger partial charge in [-0.2, -0.15) is 0 Å². The third kappa shape index (κ3) is 5.50. The second kappa shape index (κ2) is 8.08. The van der Waals surface area contributed by atoms with Crippen LogP contribution in [-0.2, 0) is 4.74 Å². The average molecular weight is 214 g/mol. The van der Waals surface area contributed by atoms with Crippen LogP contribution in [0.2, 0.25) is 0 Å². The molecule has 1 aliphatic heterocycles. The van der Waals surface area contributed by atoms with Crippen molar-refractivity contribution in [3.05, 3.63) is 0 Å². The highest BCUT2D eigenvalue weighted by atomic mass is 16.5. The average Bonchev–Trinajstić information content (AvgIpc) is 2.47. The molecule has 1 saturated heterocycles. The van der Waals surface area contributed by atoms with Crippen LogP contribution in [0.1, 0.15) is 32.6 Å². The van der Waals surface area contributed by atoms with Gasteiger partial charge in [0, 0.05) is 19.7 Å². The predicted octanol–water partition coefficient (Wildman–Crippen LogP) is 1.49. The fourth-order valence-corrected chi connectivity index (χ4v) is 2.30. The number of likely N-dealkylation sites (N-methyl/N-ethyl adjacent to an activating group) is 1. The van der Waals surface area contributed by atoms with Crippen molar-refractivity contribution in [2.24, 2.45) is 0 Å². The van der Waals surface area contributed by atoms with Gasteiger partial charge in [0.1, 0.15) is 0 Å². The summed E-state index contributed by atoms with van der Waals surface area (Å²) < 4.78 is 5.24. The van der Waals surface area contributed by atoms with Gasteiger partial charge in [-0.05, 0) is 32.5 Å². The lowest BCUT2D eigenvalue weighted by Gasteiger charge is -2.26. The van der Waals surface area contributed by atoms with E-state index in [0.29, 0.717) is 6.04 Å². The highest BCUT2D eigenvalue weighted by Gasteiger charge is 2.14. The second-order valence-corrected chi connectivity index (χ2v) is 4.42. The fourth-order valence-electron chi connectivity index (χ4n) is 2.30. The van der Waals surface area contributed by atoms with Crippen LogP contribution in [-0.4, -0.2) is 50.8 Å². The molecule has 0 aliphatic carbocycles. The van der Waals surface area contributed by atoms with Gasteiger partial charge in [0.25, 0.3) is 0 Å². The maximum absolute atomic E-state index is 5.24. The Morgan fingerprint density at radius 3 is 2.40 bits per heavy atom. The SMILES string of the molecule is CCNC(COC)CN1CCCCCC1. The quantitative estimate of drug-likeness (QED) is 0.725. The number of methoxy groups -OCH3 is 1. The fraction of sp³-hybridized carbons (Fsp3) is 1.00. The lowest BCUT2D eigenvalue weighted by atomic mass is 10.2. The first-order valence-corrected chi connectivity index (χ1v) is 6.31. The molecule has 1 rings (SSSR count). The Labute approximate surface area is 94.2 Å². The Bertz CT molecular complexity index is 139. The van der Waals surface area contributed by atoms with Gasteiger partial charge in [0.2, 0.25) is 0 Å². The third-order valence-electron chi connectivity index (χ3n) is 3.04. The normalized spacial score (nSPS) is 21.2. The largest absolute Gasteiger partial charge is 0.383 e. The molecule has 0 aromatic heterocycles. The zero-order valence-electron chi connectivity index (χ0n) is 10.3. The standard InChI is InChI=1S/C12H26N2O/c1-3-13-12(11-15-2)10-14-8-6-4-5-7-9-14/h12-13H,3-11H2,1-2H3. The van der Waals surface area contributed by atoms with E-state index in [2.05, 4.69) is 17.1 Å². The number of rotatable bonds is 6. The van der Waals surface area contributed by atoms with E-state index in [4.69, 9.17) is 4.74 Å². The summed E-state index contributed by atoms with van der Waals surface area (Å²) in [4.78, 5) is 2.58. The van der Waals surface area contributed by atoms with Gasteiger partial charge in [-0.1, -0.05) is 19.8 Å². The highest BCUT2D eigenvalue weighted by Crippen LogP contribution is 2.09. The molecule has 15 heavy (non-hydrogen) atoms. The van der Waals surface area contributed by atoms with E-state index in [-0.39, 0.29) is 0 Å². The van der Waals surface area contributed by atoms with Gasteiger partial charge >= 0.3 is 0 Å². The summed E-state index contributed by atoms with van der Waals surface area (Å²) in [6.07, 6.45) is 5.55. The van der Waals surface area contributed by atoms with Gasteiger partial charge in [-0.25, -0.2) is 0 Å². The molecule has 0 aromatic rings. The summed E-state index contributed by atoms with van der Waals surface area (Å²) in [5, 5.41) is 3.48. The topological polar surface area (TPSA) is 24.5 Å². The van der Waals surface area contributed by atoms with Crippen LogP contribution in [0.5, 0.6) is 0 Å². The van der Waals surface area contributed by atoms with E-state index < -0.39 is 0 Å². The van der Waals surface area contributed by atoms with Gasteiger partial charge in [0.15, 0.2) is 0 Å². The Balaban J connectivity index is 2.27. The first kappa shape index (κ1) is 12.9. The van der Waals surface area contributed by atoms with E-state index in [1.807, 2.05) is 0 Å². The Morgan fingerprint density at radius 1 is 1.20 bits per heavy atom.